The maximum atomic E-state index is 11.8. The predicted molar refractivity (Wildman–Crippen MR) is 50.5 cm³/mol. The fraction of sp³-hybridized carbons (Fsp3) is 0.556. The molecule has 0 aromatic carbocycles. The molecule has 1 rings (SSSR count). The number of rotatable bonds is 5. The fourth-order valence-corrected chi connectivity index (χ4v) is 1.06. The van der Waals surface area contributed by atoms with Gasteiger partial charge in [-0.2, -0.15) is 13.2 Å². The van der Waals surface area contributed by atoms with Crippen molar-refractivity contribution >= 4 is 0 Å². The van der Waals surface area contributed by atoms with Crippen LogP contribution in [0.2, 0.25) is 0 Å². The first-order valence-corrected chi connectivity index (χ1v) is 4.66. The maximum Gasteiger partial charge on any atom is 0.411 e. The summed E-state index contributed by atoms with van der Waals surface area (Å²) in [6.45, 7) is -1.12. The van der Waals surface area contributed by atoms with Crippen molar-refractivity contribution in [2.45, 2.75) is 19.2 Å². The van der Waals surface area contributed by atoms with Crippen LogP contribution >= 0.6 is 0 Å². The first-order chi connectivity index (χ1) is 7.51. The number of ether oxygens (including phenoxy) is 1. The van der Waals surface area contributed by atoms with E-state index in [0.717, 1.165) is 0 Å². The van der Waals surface area contributed by atoms with Gasteiger partial charge < -0.3 is 10.5 Å². The van der Waals surface area contributed by atoms with E-state index in [-0.39, 0.29) is 12.4 Å². The van der Waals surface area contributed by atoms with Crippen molar-refractivity contribution in [3.8, 4) is 0 Å². The summed E-state index contributed by atoms with van der Waals surface area (Å²) in [7, 11) is 0. The monoisotopic (exact) mass is 235 g/mol. The lowest BCUT2D eigenvalue weighted by molar-refractivity contribution is -0.177. The Morgan fingerprint density at radius 3 is 2.75 bits per heavy atom. The molecule has 90 valence electrons. The molecule has 4 nitrogen and oxygen atoms in total. The minimum atomic E-state index is -4.32. The fourth-order valence-electron chi connectivity index (χ4n) is 1.06. The number of hydrogen-bond donors (Lipinski definition) is 1. The second-order valence-electron chi connectivity index (χ2n) is 3.11. The summed E-state index contributed by atoms with van der Waals surface area (Å²) >= 11 is 0. The molecule has 0 fully saturated rings. The molecule has 1 heterocycles. The topological polar surface area (TPSA) is 61.0 Å². The van der Waals surface area contributed by atoms with Crippen LogP contribution in [0.5, 0.6) is 0 Å². The van der Waals surface area contributed by atoms with Crippen LogP contribution in [-0.2, 0) is 17.8 Å². The molecule has 0 spiro atoms. The van der Waals surface area contributed by atoms with Gasteiger partial charge in [-0.25, -0.2) is 9.97 Å². The van der Waals surface area contributed by atoms with Gasteiger partial charge in [-0.15, -0.1) is 0 Å². The van der Waals surface area contributed by atoms with E-state index in [0.29, 0.717) is 18.7 Å². The Labute approximate surface area is 90.6 Å². The molecule has 0 aliphatic heterocycles. The first kappa shape index (κ1) is 12.9. The van der Waals surface area contributed by atoms with Gasteiger partial charge in [0.05, 0.1) is 0 Å². The highest BCUT2D eigenvalue weighted by atomic mass is 19.4. The molecule has 7 heteroatoms. The molecule has 1 aromatic rings. The highest BCUT2D eigenvalue weighted by Gasteiger charge is 2.27. The third-order valence-corrected chi connectivity index (χ3v) is 1.66. The van der Waals surface area contributed by atoms with E-state index in [9.17, 15) is 13.2 Å². The molecule has 0 radical (unpaired) electrons. The third kappa shape index (κ3) is 5.04. The standard InChI is InChI=1S/C9H12F3N3O/c10-9(11,12)6-16-5-8-14-4-2-7(15-8)1-3-13/h2,4H,1,3,5-6,13H2. The molecule has 0 amide bonds. The largest absolute Gasteiger partial charge is 0.411 e. The lowest BCUT2D eigenvalue weighted by Gasteiger charge is -2.07. The van der Waals surface area contributed by atoms with Crippen molar-refractivity contribution in [3.63, 3.8) is 0 Å². The van der Waals surface area contributed by atoms with Crippen molar-refractivity contribution in [1.29, 1.82) is 0 Å². The van der Waals surface area contributed by atoms with Crippen LogP contribution < -0.4 is 5.73 Å². The maximum absolute atomic E-state index is 11.8. The summed E-state index contributed by atoms with van der Waals surface area (Å²) in [5.41, 5.74) is 6.02. The van der Waals surface area contributed by atoms with Crippen molar-refractivity contribution in [2.24, 2.45) is 5.73 Å². The van der Waals surface area contributed by atoms with Gasteiger partial charge in [0.1, 0.15) is 13.2 Å². The molecule has 0 bridgehead atoms. The number of aromatic nitrogens is 2. The predicted octanol–water partition coefficient (Wildman–Crippen LogP) is 1.06. The Bertz CT molecular complexity index is 330. The molecule has 0 aliphatic rings. The number of nitrogens with two attached hydrogens (primary N) is 1. The Balaban J connectivity index is 2.44. The smallest absolute Gasteiger partial charge is 0.364 e. The normalized spacial score (nSPS) is 11.8. The number of alkyl halides is 3. The van der Waals surface area contributed by atoms with Crippen LogP contribution in [0.4, 0.5) is 13.2 Å². The quantitative estimate of drug-likeness (QED) is 0.828. The van der Waals surface area contributed by atoms with Crippen LogP contribution in [0.3, 0.4) is 0 Å². The van der Waals surface area contributed by atoms with Crippen LogP contribution in [-0.4, -0.2) is 29.3 Å². The lowest BCUT2D eigenvalue weighted by Crippen LogP contribution is -2.17. The summed E-state index contributed by atoms with van der Waals surface area (Å²) in [5.74, 6) is 0.232. The second-order valence-corrected chi connectivity index (χ2v) is 3.11. The Morgan fingerprint density at radius 2 is 2.12 bits per heavy atom. The minimum Gasteiger partial charge on any atom is -0.364 e. The Kier molecular flexibility index (Phi) is 4.63. The molecule has 0 unspecified atom stereocenters. The average Bonchev–Trinajstić information content (AvgIpc) is 2.17. The van der Waals surface area contributed by atoms with Crippen molar-refractivity contribution in [3.05, 3.63) is 23.8 Å². The zero-order valence-corrected chi connectivity index (χ0v) is 8.50. The highest BCUT2D eigenvalue weighted by molar-refractivity contribution is 5.02. The summed E-state index contributed by atoms with van der Waals surface area (Å²) < 4.78 is 39.8. The van der Waals surface area contributed by atoms with E-state index in [4.69, 9.17) is 5.73 Å². The van der Waals surface area contributed by atoms with Gasteiger partial charge in [-0.1, -0.05) is 0 Å². The number of halogens is 3. The Morgan fingerprint density at radius 1 is 1.38 bits per heavy atom. The molecule has 0 aliphatic carbocycles. The van der Waals surface area contributed by atoms with Gasteiger partial charge in [0, 0.05) is 18.3 Å². The minimum absolute atomic E-state index is 0.232. The summed E-state index contributed by atoms with van der Waals surface area (Å²) in [6, 6.07) is 1.67. The van der Waals surface area contributed by atoms with E-state index in [1.54, 1.807) is 6.07 Å². The molecule has 0 saturated carbocycles. The third-order valence-electron chi connectivity index (χ3n) is 1.66. The molecule has 0 saturated heterocycles. The number of nitrogens with zero attached hydrogens (tertiary/aromatic N) is 2. The van der Waals surface area contributed by atoms with Crippen LogP contribution in [0, 0.1) is 0 Å². The van der Waals surface area contributed by atoms with E-state index in [1.807, 2.05) is 0 Å². The van der Waals surface area contributed by atoms with E-state index in [1.165, 1.54) is 6.20 Å². The molecular formula is C9H12F3N3O. The van der Waals surface area contributed by atoms with E-state index in [2.05, 4.69) is 14.7 Å². The molecule has 1 aromatic heterocycles. The molecular weight excluding hydrogens is 223 g/mol. The van der Waals surface area contributed by atoms with Crippen LogP contribution in [0.1, 0.15) is 11.5 Å². The molecule has 16 heavy (non-hydrogen) atoms. The Hall–Kier alpha value is -1.21. The molecule has 2 N–H and O–H groups in total. The van der Waals surface area contributed by atoms with Gasteiger partial charge >= 0.3 is 6.18 Å². The van der Waals surface area contributed by atoms with Gasteiger partial charge in [0.25, 0.3) is 0 Å². The van der Waals surface area contributed by atoms with Gasteiger partial charge in [-0.3, -0.25) is 0 Å². The van der Waals surface area contributed by atoms with Crippen molar-refractivity contribution in [2.75, 3.05) is 13.2 Å². The molecule has 0 atom stereocenters. The van der Waals surface area contributed by atoms with Crippen LogP contribution in [0.25, 0.3) is 0 Å². The van der Waals surface area contributed by atoms with Gasteiger partial charge in [-0.05, 0) is 12.6 Å². The van der Waals surface area contributed by atoms with E-state index < -0.39 is 12.8 Å². The average molecular weight is 235 g/mol. The SMILES string of the molecule is NCCc1ccnc(COCC(F)(F)F)n1. The zero-order valence-electron chi connectivity index (χ0n) is 8.50. The summed E-state index contributed by atoms with van der Waals surface area (Å²) in [4.78, 5) is 7.80. The van der Waals surface area contributed by atoms with E-state index >= 15 is 0 Å². The summed E-state index contributed by atoms with van der Waals surface area (Å²) in [6.07, 6.45) is -2.28. The van der Waals surface area contributed by atoms with Gasteiger partial charge in [0.2, 0.25) is 0 Å². The van der Waals surface area contributed by atoms with Gasteiger partial charge in [0.15, 0.2) is 5.82 Å². The zero-order chi connectivity index (χ0) is 12.0. The highest BCUT2D eigenvalue weighted by Crippen LogP contribution is 2.14. The summed E-state index contributed by atoms with van der Waals surface area (Å²) in [5, 5.41) is 0. The van der Waals surface area contributed by atoms with Crippen LogP contribution in [0.15, 0.2) is 12.3 Å². The second kappa shape index (κ2) is 5.76. The lowest BCUT2D eigenvalue weighted by atomic mass is 10.3. The number of hydrogen-bond acceptors (Lipinski definition) is 4. The van der Waals surface area contributed by atoms with Crippen molar-refractivity contribution < 1.29 is 17.9 Å². The van der Waals surface area contributed by atoms with Crippen molar-refractivity contribution in [1.82, 2.24) is 9.97 Å². The first-order valence-electron chi connectivity index (χ1n) is 4.66.